The van der Waals surface area contributed by atoms with Crippen LogP contribution in [0, 0.1) is 13.8 Å². The second-order valence-electron chi connectivity index (χ2n) is 5.60. The zero-order valence-corrected chi connectivity index (χ0v) is 13.5. The number of pyridine rings is 1. The number of aryl methyl sites for hydroxylation is 2. The summed E-state index contributed by atoms with van der Waals surface area (Å²) in [6.07, 6.45) is 3.71. The number of hydrogen-bond donors (Lipinski definition) is 0. The summed E-state index contributed by atoms with van der Waals surface area (Å²) < 4.78 is 5.92. The van der Waals surface area contributed by atoms with Crippen molar-refractivity contribution in [2.24, 2.45) is 0 Å². The fraction of sp³-hybridized carbons (Fsp3) is 0.688. The quantitative estimate of drug-likeness (QED) is 0.772. The molecular formula is C16H25ClN2O. The summed E-state index contributed by atoms with van der Waals surface area (Å²) in [5.74, 6) is 1.58. The topological polar surface area (TPSA) is 25.4 Å². The molecule has 1 aliphatic rings. The Labute approximate surface area is 127 Å². The molecule has 1 unspecified atom stereocenters. The van der Waals surface area contributed by atoms with Crippen LogP contribution in [0.4, 0.5) is 5.82 Å². The van der Waals surface area contributed by atoms with Crippen LogP contribution in [0.1, 0.15) is 43.0 Å². The molecule has 20 heavy (non-hydrogen) atoms. The molecule has 112 valence electrons. The highest BCUT2D eigenvalue weighted by Crippen LogP contribution is 2.27. The van der Waals surface area contributed by atoms with E-state index in [2.05, 4.69) is 24.8 Å². The van der Waals surface area contributed by atoms with Crippen molar-refractivity contribution in [2.45, 2.75) is 52.0 Å². The van der Waals surface area contributed by atoms with Crippen molar-refractivity contribution in [3.63, 3.8) is 0 Å². The molecule has 1 fully saturated rings. The Morgan fingerprint density at radius 2 is 2.25 bits per heavy atom. The van der Waals surface area contributed by atoms with Crippen LogP contribution in [0.3, 0.4) is 0 Å². The number of ether oxygens (including phenoxy) is 1. The zero-order chi connectivity index (χ0) is 14.5. The van der Waals surface area contributed by atoms with Gasteiger partial charge < -0.3 is 9.64 Å². The van der Waals surface area contributed by atoms with Gasteiger partial charge in [-0.3, -0.25) is 0 Å². The largest absolute Gasteiger partial charge is 0.376 e. The van der Waals surface area contributed by atoms with Gasteiger partial charge in [-0.05, 0) is 44.7 Å². The highest BCUT2D eigenvalue weighted by Gasteiger charge is 2.23. The predicted molar refractivity (Wildman–Crippen MR) is 84.7 cm³/mol. The molecule has 0 aliphatic carbocycles. The Morgan fingerprint density at radius 3 is 2.95 bits per heavy atom. The number of rotatable bonds is 5. The molecule has 1 aromatic rings. The van der Waals surface area contributed by atoms with Crippen LogP contribution in [-0.2, 0) is 10.6 Å². The second kappa shape index (κ2) is 7.28. The fourth-order valence-electron chi connectivity index (χ4n) is 2.82. The SMILES string of the molecule is CCCOC1CCCN(c2nc(C)cc(C)c2CCl)C1. The third kappa shape index (κ3) is 3.64. The van der Waals surface area contributed by atoms with E-state index in [1.54, 1.807) is 0 Å². The number of anilines is 1. The first-order valence-corrected chi connectivity index (χ1v) is 8.08. The van der Waals surface area contributed by atoms with Crippen molar-refractivity contribution in [2.75, 3.05) is 24.6 Å². The van der Waals surface area contributed by atoms with E-state index in [0.29, 0.717) is 12.0 Å². The third-order valence-electron chi connectivity index (χ3n) is 3.82. The summed E-state index contributed by atoms with van der Waals surface area (Å²) >= 11 is 6.13. The van der Waals surface area contributed by atoms with E-state index >= 15 is 0 Å². The van der Waals surface area contributed by atoms with Gasteiger partial charge >= 0.3 is 0 Å². The molecule has 2 rings (SSSR count). The minimum Gasteiger partial charge on any atom is -0.376 e. The van der Waals surface area contributed by atoms with Crippen molar-refractivity contribution in [1.29, 1.82) is 0 Å². The number of hydrogen-bond acceptors (Lipinski definition) is 3. The number of aromatic nitrogens is 1. The van der Waals surface area contributed by atoms with E-state index in [9.17, 15) is 0 Å². The second-order valence-corrected chi connectivity index (χ2v) is 5.86. The Hall–Kier alpha value is -0.800. The van der Waals surface area contributed by atoms with E-state index in [1.165, 1.54) is 5.56 Å². The van der Waals surface area contributed by atoms with Crippen LogP contribution in [0.5, 0.6) is 0 Å². The van der Waals surface area contributed by atoms with E-state index < -0.39 is 0 Å². The number of nitrogens with zero attached hydrogens (tertiary/aromatic N) is 2. The molecule has 0 bridgehead atoms. The molecule has 0 aromatic carbocycles. The molecule has 0 saturated carbocycles. The summed E-state index contributed by atoms with van der Waals surface area (Å²) in [6, 6.07) is 2.11. The molecular weight excluding hydrogens is 272 g/mol. The first-order chi connectivity index (χ1) is 9.65. The molecule has 0 amide bonds. The molecule has 1 aliphatic heterocycles. The van der Waals surface area contributed by atoms with E-state index in [-0.39, 0.29) is 0 Å². The maximum atomic E-state index is 6.13. The van der Waals surface area contributed by atoms with E-state index in [4.69, 9.17) is 21.3 Å². The Bertz CT molecular complexity index is 450. The summed E-state index contributed by atoms with van der Waals surface area (Å²) in [4.78, 5) is 7.08. The molecule has 4 heteroatoms. The van der Waals surface area contributed by atoms with Crippen LogP contribution in [0.25, 0.3) is 0 Å². The van der Waals surface area contributed by atoms with Crippen LogP contribution in [-0.4, -0.2) is 30.8 Å². The van der Waals surface area contributed by atoms with Gasteiger partial charge in [0.1, 0.15) is 5.82 Å². The van der Waals surface area contributed by atoms with Crippen LogP contribution in [0.2, 0.25) is 0 Å². The highest BCUT2D eigenvalue weighted by molar-refractivity contribution is 6.17. The van der Waals surface area contributed by atoms with E-state index in [1.807, 2.05) is 6.92 Å². The molecule has 0 spiro atoms. The van der Waals surface area contributed by atoms with Gasteiger partial charge in [-0.25, -0.2) is 4.98 Å². The average Bonchev–Trinajstić information content (AvgIpc) is 2.44. The van der Waals surface area contributed by atoms with Gasteiger partial charge in [0.2, 0.25) is 0 Å². The van der Waals surface area contributed by atoms with Gasteiger partial charge in [0.25, 0.3) is 0 Å². The monoisotopic (exact) mass is 296 g/mol. The third-order valence-corrected chi connectivity index (χ3v) is 4.09. The smallest absolute Gasteiger partial charge is 0.133 e. The lowest BCUT2D eigenvalue weighted by Gasteiger charge is -2.35. The van der Waals surface area contributed by atoms with Crippen molar-refractivity contribution < 1.29 is 4.74 Å². The van der Waals surface area contributed by atoms with Crippen LogP contribution in [0.15, 0.2) is 6.07 Å². The van der Waals surface area contributed by atoms with Gasteiger partial charge in [-0.2, -0.15) is 0 Å². The van der Waals surface area contributed by atoms with Gasteiger partial charge in [0.15, 0.2) is 0 Å². The van der Waals surface area contributed by atoms with Gasteiger partial charge in [-0.15, -0.1) is 11.6 Å². The highest BCUT2D eigenvalue weighted by atomic mass is 35.5. The maximum absolute atomic E-state index is 6.13. The minimum atomic E-state index is 0.328. The first kappa shape index (κ1) is 15.6. The van der Waals surface area contributed by atoms with E-state index in [0.717, 1.165) is 56.0 Å². The summed E-state index contributed by atoms with van der Waals surface area (Å²) in [7, 11) is 0. The Kier molecular flexibility index (Phi) is 5.67. The minimum absolute atomic E-state index is 0.328. The summed E-state index contributed by atoms with van der Waals surface area (Å²) in [5, 5.41) is 0. The molecule has 2 heterocycles. The first-order valence-electron chi connectivity index (χ1n) is 7.55. The van der Waals surface area contributed by atoms with Crippen molar-refractivity contribution in [3.8, 4) is 0 Å². The Morgan fingerprint density at radius 1 is 1.45 bits per heavy atom. The van der Waals surface area contributed by atoms with Crippen molar-refractivity contribution in [1.82, 2.24) is 4.98 Å². The lowest BCUT2D eigenvalue weighted by Crippen LogP contribution is -2.41. The predicted octanol–water partition coefficient (Wildman–Crippen LogP) is 3.83. The molecule has 3 nitrogen and oxygen atoms in total. The standard InChI is InChI=1S/C16H25ClN2O/c1-4-8-20-14-6-5-7-19(11-14)16-15(10-17)12(2)9-13(3)18-16/h9,14H,4-8,10-11H2,1-3H3. The van der Waals surface area contributed by atoms with Crippen LogP contribution < -0.4 is 4.90 Å². The lowest BCUT2D eigenvalue weighted by molar-refractivity contribution is 0.0439. The molecule has 0 N–H and O–H groups in total. The lowest BCUT2D eigenvalue weighted by atomic mass is 10.1. The van der Waals surface area contributed by atoms with Crippen molar-refractivity contribution in [3.05, 3.63) is 22.9 Å². The maximum Gasteiger partial charge on any atom is 0.133 e. The average molecular weight is 297 g/mol. The zero-order valence-electron chi connectivity index (χ0n) is 12.8. The fourth-order valence-corrected chi connectivity index (χ4v) is 3.15. The molecule has 0 radical (unpaired) electrons. The van der Waals surface area contributed by atoms with Crippen LogP contribution >= 0.6 is 11.6 Å². The molecule has 1 aromatic heterocycles. The number of alkyl halides is 1. The number of halogens is 1. The number of piperidine rings is 1. The van der Waals surface area contributed by atoms with Gasteiger partial charge in [0, 0.05) is 31.0 Å². The summed E-state index contributed by atoms with van der Waals surface area (Å²) in [5.41, 5.74) is 3.45. The van der Waals surface area contributed by atoms with Crippen molar-refractivity contribution >= 4 is 17.4 Å². The Balaban J connectivity index is 2.18. The normalized spacial score (nSPS) is 19.4. The van der Waals surface area contributed by atoms with Gasteiger partial charge in [-0.1, -0.05) is 6.92 Å². The molecule has 1 atom stereocenters. The molecule has 1 saturated heterocycles. The van der Waals surface area contributed by atoms with Gasteiger partial charge in [0.05, 0.1) is 12.0 Å². The summed E-state index contributed by atoms with van der Waals surface area (Å²) in [6.45, 7) is 9.14.